The highest BCUT2D eigenvalue weighted by Gasteiger charge is 2.21. The van der Waals surface area contributed by atoms with Gasteiger partial charge in [-0.05, 0) is 32.4 Å². The molecule has 112 valence electrons. The summed E-state index contributed by atoms with van der Waals surface area (Å²) in [6.45, 7) is 3.49. The third-order valence-electron chi connectivity index (χ3n) is 3.53. The van der Waals surface area contributed by atoms with E-state index < -0.39 is 0 Å². The van der Waals surface area contributed by atoms with Crippen molar-refractivity contribution in [3.63, 3.8) is 0 Å². The molecule has 0 radical (unpaired) electrons. The molecule has 1 aliphatic carbocycles. The zero-order valence-corrected chi connectivity index (χ0v) is 13.1. The molecule has 2 atom stereocenters. The number of guanidine groups is 1. The van der Waals surface area contributed by atoms with Crippen LogP contribution in [0.5, 0.6) is 0 Å². The van der Waals surface area contributed by atoms with E-state index in [0.29, 0.717) is 12.6 Å². The second-order valence-electron chi connectivity index (χ2n) is 5.05. The van der Waals surface area contributed by atoms with Crippen LogP contribution in [0.15, 0.2) is 21.8 Å². The second kappa shape index (κ2) is 8.19. The summed E-state index contributed by atoms with van der Waals surface area (Å²) in [4.78, 5) is 4.57. The molecular weight excluding hydrogens is 272 g/mol. The van der Waals surface area contributed by atoms with Crippen LogP contribution in [0.4, 0.5) is 0 Å². The highest BCUT2D eigenvalue weighted by Crippen LogP contribution is 2.26. The van der Waals surface area contributed by atoms with E-state index in [9.17, 15) is 0 Å². The minimum absolute atomic E-state index is 0.524. The molecule has 2 rings (SSSR count). The van der Waals surface area contributed by atoms with Gasteiger partial charge >= 0.3 is 0 Å². The van der Waals surface area contributed by atoms with Gasteiger partial charge in [-0.1, -0.05) is 11.6 Å². The molecule has 1 aliphatic rings. The summed E-state index contributed by atoms with van der Waals surface area (Å²) in [6.07, 6.45) is 8.87. The highest BCUT2D eigenvalue weighted by molar-refractivity contribution is 7.99. The lowest BCUT2D eigenvalue weighted by Crippen LogP contribution is -2.45. The number of hydrogen-bond donors (Lipinski definition) is 2. The van der Waals surface area contributed by atoms with E-state index in [1.807, 2.05) is 17.8 Å². The molecule has 2 unspecified atom stereocenters. The van der Waals surface area contributed by atoms with Gasteiger partial charge in [-0.3, -0.25) is 0 Å². The summed E-state index contributed by atoms with van der Waals surface area (Å²) in [5.41, 5.74) is 0.854. The van der Waals surface area contributed by atoms with E-state index in [0.717, 1.165) is 23.4 Å². The van der Waals surface area contributed by atoms with Crippen molar-refractivity contribution in [2.45, 2.75) is 50.4 Å². The number of thioether (sulfide) groups is 1. The van der Waals surface area contributed by atoms with Gasteiger partial charge in [0, 0.05) is 23.9 Å². The normalized spacial score (nSPS) is 23.6. The first-order chi connectivity index (χ1) is 9.81. The first-order valence-electron chi connectivity index (χ1n) is 7.28. The largest absolute Gasteiger partial charge is 0.364 e. The molecule has 1 saturated carbocycles. The molecule has 0 aliphatic heterocycles. The summed E-state index contributed by atoms with van der Waals surface area (Å²) in [6, 6.07) is 2.37. The molecule has 5 nitrogen and oxygen atoms in total. The van der Waals surface area contributed by atoms with Crippen molar-refractivity contribution >= 4 is 17.7 Å². The van der Waals surface area contributed by atoms with Crippen molar-refractivity contribution in [1.29, 1.82) is 0 Å². The number of aromatic nitrogens is 1. The Balaban J connectivity index is 1.89. The minimum atomic E-state index is 0.524. The van der Waals surface area contributed by atoms with Crippen molar-refractivity contribution in [2.75, 3.05) is 12.8 Å². The van der Waals surface area contributed by atoms with Gasteiger partial charge in [0.25, 0.3) is 0 Å². The highest BCUT2D eigenvalue weighted by atomic mass is 32.2. The summed E-state index contributed by atoms with van der Waals surface area (Å²) < 4.78 is 4.82. The molecule has 2 N–H and O–H groups in total. The Morgan fingerprint density at radius 1 is 1.55 bits per heavy atom. The Morgan fingerprint density at radius 3 is 3.15 bits per heavy atom. The Hall–Kier alpha value is -1.17. The average molecular weight is 296 g/mol. The average Bonchev–Trinajstić information content (AvgIpc) is 2.98. The molecule has 0 amide bonds. The predicted octanol–water partition coefficient (Wildman–Crippen LogP) is 2.40. The third-order valence-corrected chi connectivity index (χ3v) is 4.63. The Kier molecular flexibility index (Phi) is 6.24. The molecular formula is C14H24N4OS. The lowest BCUT2D eigenvalue weighted by Gasteiger charge is -2.29. The lowest BCUT2D eigenvalue weighted by atomic mass is 9.95. The number of nitrogens with one attached hydrogen (secondary N) is 2. The summed E-state index contributed by atoms with van der Waals surface area (Å²) in [5, 5.41) is 11.5. The standard InChI is InChI=1S/C14H24N4OS/c1-3-15-14(16-10-12-7-8-19-18-12)17-11-5-4-6-13(9-11)20-2/h7-8,11,13H,3-6,9-10H2,1-2H3,(H2,15,16,17). The molecule has 0 spiro atoms. The number of aliphatic imine (C=N–C) groups is 1. The van der Waals surface area contributed by atoms with Gasteiger partial charge in [0.05, 0.1) is 6.54 Å². The van der Waals surface area contributed by atoms with E-state index in [1.165, 1.54) is 25.7 Å². The molecule has 0 bridgehead atoms. The minimum Gasteiger partial charge on any atom is -0.364 e. The van der Waals surface area contributed by atoms with Crippen LogP contribution in [0.25, 0.3) is 0 Å². The van der Waals surface area contributed by atoms with E-state index >= 15 is 0 Å². The van der Waals surface area contributed by atoms with Crippen molar-refractivity contribution in [3.05, 3.63) is 18.0 Å². The van der Waals surface area contributed by atoms with E-state index in [2.05, 4.69) is 34.0 Å². The van der Waals surface area contributed by atoms with Gasteiger partial charge in [-0.15, -0.1) is 0 Å². The number of nitrogens with zero attached hydrogens (tertiary/aromatic N) is 2. The van der Waals surface area contributed by atoms with Crippen LogP contribution in [0.2, 0.25) is 0 Å². The molecule has 1 aromatic rings. The van der Waals surface area contributed by atoms with E-state index in [4.69, 9.17) is 4.52 Å². The van der Waals surface area contributed by atoms with Crippen molar-refractivity contribution in [3.8, 4) is 0 Å². The first-order valence-corrected chi connectivity index (χ1v) is 8.57. The maximum absolute atomic E-state index is 4.82. The van der Waals surface area contributed by atoms with Crippen LogP contribution in [-0.4, -0.2) is 35.2 Å². The van der Waals surface area contributed by atoms with Crippen LogP contribution in [0.1, 0.15) is 38.3 Å². The zero-order chi connectivity index (χ0) is 14.2. The second-order valence-corrected chi connectivity index (χ2v) is 6.19. The van der Waals surface area contributed by atoms with Crippen LogP contribution in [0, 0.1) is 0 Å². The molecule has 1 aromatic heterocycles. The van der Waals surface area contributed by atoms with Crippen LogP contribution in [-0.2, 0) is 6.54 Å². The SMILES string of the molecule is CCNC(=NCc1ccon1)NC1CCCC(SC)C1. The molecule has 1 fully saturated rings. The monoisotopic (exact) mass is 296 g/mol. The smallest absolute Gasteiger partial charge is 0.191 e. The summed E-state index contributed by atoms with van der Waals surface area (Å²) >= 11 is 1.98. The Labute approximate surface area is 125 Å². The maximum Gasteiger partial charge on any atom is 0.191 e. The van der Waals surface area contributed by atoms with E-state index in [1.54, 1.807) is 6.26 Å². The fourth-order valence-corrected chi connectivity index (χ4v) is 3.31. The van der Waals surface area contributed by atoms with Gasteiger partial charge in [-0.2, -0.15) is 11.8 Å². The van der Waals surface area contributed by atoms with Crippen molar-refractivity contribution in [1.82, 2.24) is 15.8 Å². The first kappa shape index (κ1) is 15.2. The van der Waals surface area contributed by atoms with Gasteiger partial charge < -0.3 is 15.2 Å². The van der Waals surface area contributed by atoms with Gasteiger partial charge in [0.1, 0.15) is 12.0 Å². The Bertz CT molecular complexity index is 407. The topological polar surface area (TPSA) is 62.5 Å². The molecule has 1 heterocycles. The van der Waals surface area contributed by atoms with Crippen molar-refractivity contribution in [2.24, 2.45) is 4.99 Å². The van der Waals surface area contributed by atoms with Gasteiger partial charge in [-0.25, -0.2) is 4.99 Å². The lowest BCUT2D eigenvalue weighted by molar-refractivity contribution is 0.411. The Morgan fingerprint density at radius 2 is 2.45 bits per heavy atom. The van der Waals surface area contributed by atoms with Gasteiger partial charge in [0.15, 0.2) is 5.96 Å². The predicted molar refractivity (Wildman–Crippen MR) is 84.0 cm³/mol. The molecule has 0 saturated heterocycles. The van der Waals surface area contributed by atoms with Gasteiger partial charge in [0.2, 0.25) is 0 Å². The summed E-state index contributed by atoms with van der Waals surface area (Å²) in [7, 11) is 0. The molecule has 6 heteroatoms. The molecule has 20 heavy (non-hydrogen) atoms. The summed E-state index contributed by atoms with van der Waals surface area (Å²) in [5.74, 6) is 0.877. The van der Waals surface area contributed by atoms with Crippen LogP contribution in [0.3, 0.4) is 0 Å². The number of hydrogen-bond acceptors (Lipinski definition) is 4. The number of rotatable bonds is 5. The molecule has 0 aromatic carbocycles. The third kappa shape index (κ3) is 4.74. The quantitative estimate of drug-likeness (QED) is 0.645. The fourth-order valence-electron chi connectivity index (χ4n) is 2.48. The maximum atomic E-state index is 4.82. The fraction of sp³-hybridized carbons (Fsp3) is 0.714. The van der Waals surface area contributed by atoms with Crippen LogP contribution < -0.4 is 10.6 Å². The zero-order valence-electron chi connectivity index (χ0n) is 12.3. The van der Waals surface area contributed by atoms with E-state index in [-0.39, 0.29) is 0 Å². The van der Waals surface area contributed by atoms with Crippen LogP contribution >= 0.6 is 11.8 Å². The van der Waals surface area contributed by atoms with Crippen molar-refractivity contribution < 1.29 is 4.52 Å².